The quantitative estimate of drug-likeness (QED) is 0.719. The first-order chi connectivity index (χ1) is 6.48. The fourth-order valence-electron chi connectivity index (χ4n) is 1.36. The topological polar surface area (TPSA) is 18.5 Å². The second-order valence-electron chi connectivity index (χ2n) is 3.67. The average Bonchev–Trinajstić information content (AvgIpc) is 2.06. The SMILES string of the molecule is CC1(C)OCc2cc(Cl)cc(Br)c2O1. The zero-order valence-corrected chi connectivity index (χ0v) is 10.3. The molecule has 1 aromatic carbocycles. The number of rotatable bonds is 0. The zero-order valence-electron chi connectivity index (χ0n) is 7.93. The molecule has 4 heteroatoms. The molecule has 0 spiro atoms. The maximum atomic E-state index is 5.91. The molecule has 0 aromatic heterocycles. The number of halogens is 2. The normalized spacial score (nSPS) is 18.6. The van der Waals surface area contributed by atoms with Gasteiger partial charge in [0.15, 0.2) is 0 Å². The molecule has 0 amide bonds. The lowest BCUT2D eigenvalue weighted by molar-refractivity contribution is -0.180. The molecule has 1 aliphatic rings. The average molecular weight is 278 g/mol. The number of benzene rings is 1. The van der Waals surface area contributed by atoms with E-state index >= 15 is 0 Å². The third-order valence-corrected chi connectivity index (χ3v) is 2.82. The Morgan fingerprint density at radius 2 is 2.14 bits per heavy atom. The summed E-state index contributed by atoms with van der Waals surface area (Å²) in [7, 11) is 0. The van der Waals surface area contributed by atoms with Crippen LogP contribution in [0.15, 0.2) is 16.6 Å². The van der Waals surface area contributed by atoms with Crippen LogP contribution in [-0.2, 0) is 11.3 Å². The van der Waals surface area contributed by atoms with Crippen LogP contribution in [0, 0.1) is 0 Å². The van der Waals surface area contributed by atoms with E-state index in [1.807, 2.05) is 26.0 Å². The van der Waals surface area contributed by atoms with E-state index in [-0.39, 0.29) is 0 Å². The van der Waals surface area contributed by atoms with Crippen molar-refractivity contribution >= 4 is 27.5 Å². The van der Waals surface area contributed by atoms with Crippen molar-refractivity contribution in [1.29, 1.82) is 0 Å². The van der Waals surface area contributed by atoms with E-state index in [0.717, 1.165) is 15.8 Å². The Kier molecular flexibility index (Phi) is 2.50. The minimum atomic E-state index is -0.566. The summed E-state index contributed by atoms with van der Waals surface area (Å²) < 4.78 is 12.0. The predicted octanol–water partition coefficient (Wildman–Crippen LogP) is 3.75. The summed E-state index contributed by atoms with van der Waals surface area (Å²) in [6.07, 6.45) is 0. The number of hydrogen-bond donors (Lipinski definition) is 0. The van der Waals surface area contributed by atoms with Gasteiger partial charge >= 0.3 is 0 Å². The van der Waals surface area contributed by atoms with Gasteiger partial charge < -0.3 is 9.47 Å². The molecule has 0 fully saturated rings. The van der Waals surface area contributed by atoms with Crippen molar-refractivity contribution in [3.63, 3.8) is 0 Å². The molecule has 0 radical (unpaired) electrons. The standard InChI is InChI=1S/C10H10BrClO2/c1-10(2)13-5-6-3-7(12)4-8(11)9(6)14-10/h3-4H,5H2,1-2H3. The molecular weight excluding hydrogens is 267 g/mol. The summed E-state index contributed by atoms with van der Waals surface area (Å²) in [5, 5.41) is 0.683. The molecule has 1 aliphatic heterocycles. The van der Waals surface area contributed by atoms with Crippen molar-refractivity contribution < 1.29 is 9.47 Å². The smallest absolute Gasteiger partial charge is 0.205 e. The van der Waals surface area contributed by atoms with E-state index in [0.29, 0.717) is 11.6 Å². The molecule has 0 atom stereocenters. The van der Waals surface area contributed by atoms with Crippen LogP contribution in [0.2, 0.25) is 5.02 Å². The van der Waals surface area contributed by atoms with Crippen molar-refractivity contribution in [3.8, 4) is 5.75 Å². The van der Waals surface area contributed by atoms with Gasteiger partial charge in [-0.05, 0) is 28.1 Å². The van der Waals surface area contributed by atoms with Crippen LogP contribution in [0.5, 0.6) is 5.75 Å². The van der Waals surface area contributed by atoms with E-state index in [1.165, 1.54) is 0 Å². The van der Waals surface area contributed by atoms with Crippen LogP contribution in [0.4, 0.5) is 0 Å². The van der Waals surface area contributed by atoms with Crippen LogP contribution in [0.3, 0.4) is 0 Å². The second-order valence-corrected chi connectivity index (χ2v) is 4.96. The van der Waals surface area contributed by atoms with E-state index in [1.54, 1.807) is 0 Å². The first-order valence-corrected chi connectivity index (χ1v) is 5.46. The highest BCUT2D eigenvalue weighted by Gasteiger charge is 2.28. The van der Waals surface area contributed by atoms with Gasteiger partial charge in [-0.25, -0.2) is 0 Å². The Bertz CT molecular complexity index is 377. The Morgan fingerprint density at radius 1 is 1.43 bits per heavy atom. The molecule has 0 aliphatic carbocycles. The van der Waals surface area contributed by atoms with E-state index < -0.39 is 5.79 Å². The van der Waals surface area contributed by atoms with Crippen LogP contribution < -0.4 is 4.74 Å². The maximum absolute atomic E-state index is 5.91. The third kappa shape index (κ3) is 1.90. The Labute approximate surface area is 96.3 Å². The molecule has 0 unspecified atom stereocenters. The molecule has 2 nitrogen and oxygen atoms in total. The molecule has 0 saturated heterocycles. The van der Waals surface area contributed by atoms with Gasteiger partial charge in [-0.15, -0.1) is 0 Å². The first kappa shape index (κ1) is 10.3. The Morgan fingerprint density at radius 3 is 2.86 bits per heavy atom. The molecule has 1 heterocycles. The summed E-state index contributed by atoms with van der Waals surface area (Å²) in [4.78, 5) is 0. The fraction of sp³-hybridized carbons (Fsp3) is 0.400. The van der Waals surface area contributed by atoms with Crippen LogP contribution >= 0.6 is 27.5 Å². The maximum Gasteiger partial charge on any atom is 0.205 e. The zero-order chi connectivity index (χ0) is 10.3. The Balaban J connectivity index is 2.47. The van der Waals surface area contributed by atoms with Crippen LogP contribution in [0.25, 0.3) is 0 Å². The van der Waals surface area contributed by atoms with Crippen molar-refractivity contribution in [2.24, 2.45) is 0 Å². The third-order valence-electron chi connectivity index (χ3n) is 2.01. The number of fused-ring (bicyclic) bond motifs is 1. The summed E-state index contributed by atoms with van der Waals surface area (Å²) in [6.45, 7) is 4.30. The van der Waals surface area contributed by atoms with Crippen molar-refractivity contribution in [2.75, 3.05) is 0 Å². The minimum absolute atomic E-state index is 0.529. The fourth-order valence-corrected chi connectivity index (χ4v) is 2.32. The highest BCUT2D eigenvalue weighted by molar-refractivity contribution is 9.10. The molecular formula is C10H10BrClO2. The predicted molar refractivity (Wildman–Crippen MR) is 58.6 cm³/mol. The van der Waals surface area contributed by atoms with Gasteiger partial charge in [0, 0.05) is 24.4 Å². The van der Waals surface area contributed by atoms with Gasteiger partial charge in [0.25, 0.3) is 0 Å². The van der Waals surface area contributed by atoms with Gasteiger partial charge in [-0.2, -0.15) is 0 Å². The van der Waals surface area contributed by atoms with E-state index in [2.05, 4.69) is 15.9 Å². The second kappa shape index (κ2) is 3.40. The molecule has 0 bridgehead atoms. The number of hydrogen-bond acceptors (Lipinski definition) is 2. The van der Waals surface area contributed by atoms with Gasteiger partial charge in [0.05, 0.1) is 11.1 Å². The molecule has 2 rings (SSSR count). The van der Waals surface area contributed by atoms with Gasteiger partial charge in [-0.1, -0.05) is 11.6 Å². The summed E-state index contributed by atoms with van der Waals surface area (Å²) in [5.41, 5.74) is 0.976. The minimum Gasteiger partial charge on any atom is -0.461 e. The lowest BCUT2D eigenvalue weighted by Gasteiger charge is -2.33. The molecule has 76 valence electrons. The van der Waals surface area contributed by atoms with Crippen LogP contribution in [0.1, 0.15) is 19.4 Å². The van der Waals surface area contributed by atoms with Crippen molar-refractivity contribution in [2.45, 2.75) is 26.2 Å². The first-order valence-electron chi connectivity index (χ1n) is 4.29. The van der Waals surface area contributed by atoms with E-state index in [4.69, 9.17) is 21.1 Å². The van der Waals surface area contributed by atoms with Gasteiger partial charge in [0.2, 0.25) is 5.79 Å². The molecule has 0 N–H and O–H groups in total. The van der Waals surface area contributed by atoms with Gasteiger partial charge in [0.1, 0.15) is 5.75 Å². The van der Waals surface area contributed by atoms with Crippen molar-refractivity contribution in [3.05, 3.63) is 27.2 Å². The monoisotopic (exact) mass is 276 g/mol. The lowest BCUT2D eigenvalue weighted by Crippen LogP contribution is -2.35. The number of ether oxygens (including phenoxy) is 2. The lowest BCUT2D eigenvalue weighted by atomic mass is 10.2. The molecule has 1 aromatic rings. The van der Waals surface area contributed by atoms with Crippen molar-refractivity contribution in [1.82, 2.24) is 0 Å². The van der Waals surface area contributed by atoms with Crippen LogP contribution in [-0.4, -0.2) is 5.79 Å². The summed E-state index contributed by atoms with van der Waals surface area (Å²) in [6, 6.07) is 3.68. The Hall–Kier alpha value is -0.250. The highest BCUT2D eigenvalue weighted by Crippen LogP contribution is 2.39. The molecule has 14 heavy (non-hydrogen) atoms. The molecule has 0 saturated carbocycles. The van der Waals surface area contributed by atoms with Gasteiger partial charge in [-0.3, -0.25) is 0 Å². The largest absolute Gasteiger partial charge is 0.461 e. The van der Waals surface area contributed by atoms with E-state index in [9.17, 15) is 0 Å². The summed E-state index contributed by atoms with van der Waals surface area (Å²) in [5.74, 6) is 0.259. The highest BCUT2D eigenvalue weighted by atomic mass is 79.9. The summed E-state index contributed by atoms with van der Waals surface area (Å²) >= 11 is 9.33.